The van der Waals surface area contributed by atoms with Crippen molar-refractivity contribution in [2.75, 3.05) is 0 Å². The number of aryl methyl sites for hydroxylation is 1. The number of pyridine rings is 1. The van der Waals surface area contributed by atoms with Gasteiger partial charge in [-0.2, -0.15) is 0 Å². The van der Waals surface area contributed by atoms with Crippen LogP contribution < -0.4 is 0 Å². The molecule has 0 N–H and O–H groups in total. The van der Waals surface area contributed by atoms with E-state index >= 15 is 0 Å². The van der Waals surface area contributed by atoms with E-state index in [0.29, 0.717) is 16.0 Å². The number of halogens is 1. The maximum absolute atomic E-state index is 11.9. The average Bonchev–Trinajstić information content (AvgIpc) is 2.63. The molecule has 0 amide bonds. The fourth-order valence-corrected chi connectivity index (χ4v) is 1.53. The minimum Gasteiger partial charge on any atom is -0.314 e. The fourth-order valence-electron chi connectivity index (χ4n) is 1.16. The van der Waals surface area contributed by atoms with Crippen LogP contribution in [0.3, 0.4) is 0 Å². The van der Waals surface area contributed by atoms with Crippen LogP contribution in [0.25, 0.3) is 0 Å². The standard InChI is InChI=1S/C9H7BrN4O/c1-14-5-12-13-9(14)8(15)6-2-3-11-7(10)4-6/h2-5H,1H3. The monoisotopic (exact) mass is 266 g/mol. The highest BCUT2D eigenvalue weighted by molar-refractivity contribution is 9.10. The molecule has 5 nitrogen and oxygen atoms in total. The lowest BCUT2D eigenvalue weighted by atomic mass is 10.2. The molecule has 15 heavy (non-hydrogen) atoms. The first kappa shape index (κ1) is 9.97. The first-order valence-electron chi connectivity index (χ1n) is 4.19. The number of rotatable bonds is 2. The zero-order valence-electron chi connectivity index (χ0n) is 7.88. The van der Waals surface area contributed by atoms with Crippen molar-refractivity contribution >= 4 is 21.7 Å². The van der Waals surface area contributed by atoms with Crippen LogP contribution in [0.5, 0.6) is 0 Å². The lowest BCUT2D eigenvalue weighted by Gasteiger charge is -1.99. The Morgan fingerprint density at radius 2 is 2.33 bits per heavy atom. The minimum absolute atomic E-state index is 0.168. The van der Waals surface area contributed by atoms with Crippen molar-refractivity contribution < 1.29 is 4.79 Å². The van der Waals surface area contributed by atoms with E-state index in [9.17, 15) is 4.79 Å². The van der Waals surface area contributed by atoms with Gasteiger partial charge in [0.2, 0.25) is 11.6 Å². The lowest BCUT2D eigenvalue weighted by Crippen LogP contribution is -2.08. The molecule has 2 aromatic heterocycles. The summed E-state index contributed by atoms with van der Waals surface area (Å²) in [5, 5.41) is 7.40. The van der Waals surface area contributed by atoms with Crippen molar-refractivity contribution in [3.63, 3.8) is 0 Å². The van der Waals surface area contributed by atoms with Gasteiger partial charge in [0.15, 0.2) is 0 Å². The Labute approximate surface area is 94.3 Å². The molecule has 2 rings (SSSR count). The van der Waals surface area contributed by atoms with E-state index < -0.39 is 0 Å². The molecule has 0 radical (unpaired) electrons. The van der Waals surface area contributed by atoms with Gasteiger partial charge >= 0.3 is 0 Å². The van der Waals surface area contributed by atoms with Crippen LogP contribution in [0, 0.1) is 0 Å². The molecule has 0 bridgehead atoms. The molecule has 0 atom stereocenters. The molecule has 76 valence electrons. The van der Waals surface area contributed by atoms with Gasteiger partial charge in [0, 0.05) is 18.8 Å². The first-order valence-corrected chi connectivity index (χ1v) is 4.98. The number of carbonyl (C=O) groups is 1. The summed E-state index contributed by atoms with van der Waals surface area (Å²) in [5.41, 5.74) is 0.535. The van der Waals surface area contributed by atoms with Crippen LogP contribution >= 0.6 is 15.9 Å². The zero-order chi connectivity index (χ0) is 10.8. The third-order valence-corrected chi connectivity index (χ3v) is 2.34. The first-order chi connectivity index (χ1) is 7.18. The second kappa shape index (κ2) is 3.90. The van der Waals surface area contributed by atoms with Crippen LogP contribution in [-0.4, -0.2) is 25.5 Å². The number of ketones is 1. The largest absolute Gasteiger partial charge is 0.314 e. The topological polar surface area (TPSA) is 60.7 Å². The Morgan fingerprint density at radius 3 is 2.93 bits per heavy atom. The predicted octanol–water partition coefficient (Wildman–Crippen LogP) is 1.20. The molecule has 0 aliphatic carbocycles. The number of hydrogen-bond acceptors (Lipinski definition) is 4. The average molecular weight is 267 g/mol. The molecule has 0 spiro atoms. The van der Waals surface area contributed by atoms with E-state index in [1.54, 1.807) is 29.9 Å². The summed E-state index contributed by atoms with van der Waals surface area (Å²) in [5.74, 6) is 0.145. The molecule has 0 aliphatic heterocycles. The zero-order valence-corrected chi connectivity index (χ0v) is 9.47. The van der Waals surface area contributed by atoms with Crippen molar-refractivity contribution in [2.45, 2.75) is 0 Å². The highest BCUT2D eigenvalue weighted by Gasteiger charge is 2.14. The molecule has 0 fully saturated rings. The van der Waals surface area contributed by atoms with Gasteiger partial charge in [-0.3, -0.25) is 4.79 Å². The van der Waals surface area contributed by atoms with Gasteiger partial charge in [-0.05, 0) is 28.1 Å². The van der Waals surface area contributed by atoms with E-state index in [1.807, 2.05) is 0 Å². The highest BCUT2D eigenvalue weighted by atomic mass is 79.9. The Balaban J connectivity index is 2.41. The van der Waals surface area contributed by atoms with E-state index in [2.05, 4.69) is 31.1 Å². The van der Waals surface area contributed by atoms with Crippen LogP contribution in [0.2, 0.25) is 0 Å². The van der Waals surface area contributed by atoms with Crippen LogP contribution in [0.1, 0.15) is 16.2 Å². The predicted molar refractivity (Wildman–Crippen MR) is 56.4 cm³/mol. The van der Waals surface area contributed by atoms with E-state index in [1.165, 1.54) is 6.33 Å². The Kier molecular flexibility index (Phi) is 2.59. The summed E-state index contributed by atoms with van der Waals surface area (Å²) in [6.45, 7) is 0. The Bertz CT molecular complexity index is 508. The molecular formula is C9H7BrN4O. The highest BCUT2D eigenvalue weighted by Crippen LogP contribution is 2.11. The van der Waals surface area contributed by atoms with Gasteiger partial charge in [-0.25, -0.2) is 4.98 Å². The number of nitrogens with zero attached hydrogens (tertiary/aromatic N) is 4. The lowest BCUT2D eigenvalue weighted by molar-refractivity contribution is 0.102. The van der Waals surface area contributed by atoms with E-state index in [0.717, 1.165) is 0 Å². The summed E-state index contributed by atoms with van der Waals surface area (Å²) in [6, 6.07) is 3.29. The summed E-state index contributed by atoms with van der Waals surface area (Å²) >= 11 is 3.21. The van der Waals surface area contributed by atoms with Crippen LogP contribution in [0.15, 0.2) is 29.3 Å². The van der Waals surface area contributed by atoms with Crippen molar-refractivity contribution in [1.82, 2.24) is 19.7 Å². The van der Waals surface area contributed by atoms with Crippen molar-refractivity contribution in [1.29, 1.82) is 0 Å². The second-order valence-corrected chi connectivity index (χ2v) is 3.77. The Morgan fingerprint density at radius 1 is 1.53 bits per heavy atom. The molecule has 2 heterocycles. The molecule has 2 aromatic rings. The maximum atomic E-state index is 11.9. The van der Waals surface area contributed by atoms with E-state index in [-0.39, 0.29) is 5.78 Å². The second-order valence-electron chi connectivity index (χ2n) is 2.96. The van der Waals surface area contributed by atoms with E-state index in [4.69, 9.17) is 0 Å². The quantitative estimate of drug-likeness (QED) is 0.606. The number of aromatic nitrogens is 4. The Hall–Kier alpha value is -1.56. The molecule has 0 saturated heterocycles. The van der Waals surface area contributed by atoms with Crippen LogP contribution in [0.4, 0.5) is 0 Å². The fraction of sp³-hybridized carbons (Fsp3) is 0.111. The SMILES string of the molecule is Cn1cnnc1C(=O)c1ccnc(Br)c1. The number of carbonyl (C=O) groups excluding carboxylic acids is 1. The molecule has 0 aromatic carbocycles. The van der Waals surface area contributed by atoms with Gasteiger partial charge in [-0.15, -0.1) is 10.2 Å². The summed E-state index contributed by atoms with van der Waals surface area (Å²) < 4.78 is 2.20. The third-order valence-electron chi connectivity index (χ3n) is 1.90. The molecule has 0 unspecified atom stereocenters. The summed E-state index contributed by atoms with van der Waals surface area (Å²) in [4.78, 5) is 15.9. The normalized spacial score (nSPS) is 10.3. The molecular weight excluding hydrogens is 260 g/mol. The van der Waals surface area contributed by atoms with Gasteiger partial charge in [0.25, 0.3) is 0 Å². The van der Waals surface area contributed by atoms with Gasteiger partial charge in [0.1, 0.15) is 10.9 Å². The van der Waals surface area contributed by atoms with Gasteiger partial charge < -0.3 is 4.57 Å². The third kappa shape index (κ3) is 1.94. The molecule has 6 heteroatoms. The van der Waals surface area contributed by atoms with Crippen molar-refractivity contribution in [3.8, 4) is 0 Å². The molecule has 0 aliphatic rings. The van der Waals surface area contributed by atoms with Crippen LogP contribution in [-0.2, 0) is 7.05 Å². The van der Waals surface area contributed by atoms with Crippen molar-refractivity contribution in [3.05, 3.63) is 40.6 Å². The smallest absolute Gasteiger partial charge is 0.230 e. The van der Waals surface area contributed by atoms with Crippen molar-refractivity contribution in [2.24, 2.45) is 7.05 Å². The number of hydrogen-bond donors (Lipinski definition) is 0. The van der Waals surface area contributed by atoms with Gasteiger partial charge in [-0.1, -0.05) is 0 Å². The minimum atomic E-state index is -0.168. The van der Waals surface area contributed by atoms with Gasteiger partial charge in [0.05, 0.1) is 0 Å². The maximum Gasteiger partial charge on any atom is 0.230 e. The summed E-state index contributed by atoms with van der Waals surface area (Å²) in [7, 11) is 1.73. The summed E-state index contributed by atoms with van der Waals surface area (Å²) in [6.07, 6.45) is 3.05. The molecule has 0 saturated carbocycles.